The lowest BCUT2D eigenvalue weighted by molar-refractivity contribution is 0.00578. The molecular weight excluding hydrogens is 367 g/mol. The lowest BCUT2D eigenvalue weighted by Gasteiger charge is -2.37. The molecule has 7 heteroatoms. The molecular formula is C22H39BN2O4. The second-order valence-electron chi connectivity index (χ2n) is 10.8. The number of hydrogen-bond donors (Lipinski definition) is 0. The monoisotopic (exact) mass is 406 g/mol. The summed E-state index contributed by atoms with van der Waals surface area (Å²) in [5.74, 6) is 0.661. The van der Waals surface area contributed by atoms with Gasteiger partial charge in [-0.1, -0.05) is 6.08 Å². The van der Waals surface area contributed by atoms with E-state index in [0.717, 1.165) is 45.6 Å². The number of amides is 1. The number of carbonyl (C=O) groups excluding carboxylic acids is 1. The van der Waals surface area contributed by atoms with Gasteiger partial charge in [0.25, 0.3) is 0 Å². The number of hydrogen-bond acceptors (Lipinski definition) is 5. The van der Waals surface area contributed by atoms with Crippen molar-refractivity contribution in [1.82, 2.24) is 9.80 Å². The van der Waals surface area contributed by atoms with Crippen LogP contribution in [0.3, 0.4) is 0 Å². The van der Waals surface area contributed by atoms with Crippen LogP contribution >= 0.6 is 0 Å². The molecule has 2 fully saturated rings. The van der Waals surface area contributed by atoms with E-state index in [9.17, 15) is 4.79 Å². The maximum Gasteiger partial charge on any atom is 0.490 e. The topological polar surface area (TPSA) is 51.2 Å². The van der Waals surface area contributed by atoms with E-state index in [1.54, 1.807) is 0 Å². The van der Waals surface area contributed by atoms with Gasteiger partial charge in [-0.25, -0.2) is 4.79 Å². The predicted molar refractivity (Wildman–Crippen MR) is 116 cm³/mol. The summed E-state index contributed by atoms with van der Waals surface area (Å²) in [7, 11) is -0.196. The third-order valence-corrected chi connectivity index (χ3v) is 6.65. The van der Waals surface area contributed by atoms with E-state index in [1.807, 2.05) is 25.7 Å². The Labute approximate surface area is 177 Å². The van der Waals surface area contributed by atoms with Crippen LogP contribution in [0.25, 0.3) is 0 Å². The molecule has 2 heterocycles. The molecule has 2 saturated heterocycles. The van der Waals surface area contributed by atoms with Crippen molar-refractivity contribution in [1.29, 1.82) is 0 Å². The highest BCUT2D eigenvalue weighted by molar-refractivity contribution is 6.54. The first kappa shape index (κ1) is 22.6. The van der Waals surface area contributed by atoms with Crippen LogP contribution < -0.4 is 0 Å². The van der Waals surface area contributed by atoms with Crippen LogP contribution in [-0.2, 0) is 14.0 Å². The van der Waals surface area contributed by atoms with E-state index >= 15 is 0 Å². The Bertz CT molecular complexity index is 617. The average molecular weight is 406 g/mol. The van der Waals surface area contributed by atoms with Crippen LogP contribution in [0, 0.1) is 5.92 Å². The van der Waals surface area contributed by atoms with Gasteiger partial charge in [-0.05, 0) is 79.1 Å². The Balaban J connectivity index is 1.43. The lowest BCUT2D eigenvalue weighted by atomic mass is 9.70. The molecule has 1 amide bonds. The molecule has 164 valence electrons. The fraction of sp³-hybridized carbons (Fsp3) is 0.864. The Morgan fingerprint density at radius 3 is 2.21 bits per heavy atom. The Hall–Kier alpha value is -1.05. The van der Waals surface area contributed by atoms with Crippen LogP contribution in [-0.4, -0.2) is 72.5 Å². The number of nitrogens with zero attached hydrogens (tertiary/aromatic N) is 2. The molecule has 2 aliphatic heterocycles. The Kier molecular flexibility index (Phi) is 6.43. The van der Waals surface area contributed by atoms with Gasteiger partial charge in [-0.15, -0.1) is 0 Å². The fourth-order valence-electron chi connectivity index (χ4n) is 4.09. The first-order valence-corrected chi connectivity index (χ1v) is 11.1. The number of carbonyl (C=O) groups is 1. The van der Waals surface area contributed by atoms with Gasteiger partial charge < -0.3 is 18.9 Å². The van der Waals surface area contributed by atoms with Gasteiger partial charge in [0.2, 0.25) is 0 Å². The van der Waals surface area contributed by atoms with E-state index in [0.29, 0.717) is 5.92 Å². The zero-order chi connectivity index (χ0) is 21.4. The standard InChI is InChI=1S/C22H39BN2O4/c1-20(2,3)27-19(26)25-14-12-24(13-15-25)16-17-8-10-18(11-9-17)23-28-21(4,5)22(6,7)29-23/h10,17H,8-9,11-16H2,1-7H3. The third kappa shape index (κ3) is 5.56. The van der Waals surface area contributed by atoms with Crippen molar-refractivity contribution in [3.8, 4) is 0 Å². The minimum atomic E-state index is -0.433. The van der Waals surface area contributed by atoms with Crippen LogP contribution in [0.1, 0.15) is 67.7 Å². The van der Waals surface area contributed by atoms with Gasteiger partial charge in [-0.2, -0.15) is 0 Å². The van der Waals surface area contributed by atoms with E-state index in [4.69, 9.17) is 14.0 Å². The molecule has 3 aliphatic rings. The summed E-state index contributed by atoms with van der Waals surface area (Å²) in [6, 6.07) is 0. The number of piperazine rings is 1. The van der Waals surface area contributed by atoms with Gasteiger partial charge in [0.1, 0.15) is 5.60 Å². The minimum absolute atomic E-state index is 0.190. The number of ether oxygens (including phenoxy) is 1. The zero-order valence-electron chi connectivity index (χ0n) is 19.4. The molecule has 1 unspecified atom stereocenters. The van der Waals surface area contributed by atoms with E-state index in [2.05, 4.69) is 38.7 Å². The summed E-state index contributed by atoms with van der Waals surface area (Å²) >= 11 is 0. The molecule has 1 aliphatic carbocycles. The molecule has 0 aromatic rings. The molecule has 3 rings (SSSR count). The van der Waals surface area contributed by atoms with Crippen molar-refractivity contribution in [2.75, 3.05) is 32.7 Å². The fourth-order valence-corrected chi connectivity index (χ4v) is 4.09. The van der Waals surface area contributed by atoms with Crippen molar-refractivity contribution in [2.45, 2.75) is 84.5 Å². The summed E-state index contributed by atoms with van der Waals surface area (Å²) in [6.45, 7) is 18.6. The first-order chi connectivity index (χ1) is 13.4. The van der Waals surface area contributed by atoms with Crippen molar-refractivity contribution in [3.63, 3.8) is 0 Å². The van der Waals surface area contributed by atoms with Gasteiger partial charge in [-0.3, -0.25) is 4.90 Å². The average Bonchev–Trinajstić information content (AvgIpc) is 2.82. The highest BCUT2D eigenvalue weighted by Gasteiger charge is 2.52. The Morgan fingerprint density at radius 1 is 1.14 bits per heavy atom. The molecule has 0 saturated carbocycles. The minimum Gasteiger partial charge on any atom is -0.444 e. The van der Waals surface area contributed by atoms with E-state index in [-0.39, 0.29) is 24.4 Å². The smallest absolute Gasteiger partial charge is 0.444 e. The van der Waals surface area contributed by atoms with Crippen LogP contribution in [0.2, 0.25) is 0 Å². The molecule has 0 N–H and O–H groups in total. The highest BCUT2D eigenvalue weighted by Crippen LogP contribution is 2.40. The first-order valence-electron chi connectivity index (χ1n) is 11.1. The maximum atomic E-state index is 12.2. The van der Waals surface area contributed by atoms with Crippen molar-refractivity contribution in [2.24, 2.45) is 5.92 Å². The van der Waals surface area contributed by atoms with E-state index in [1.165, 1.54) is 11.9 Å². The van der Waals surface area contributed by atoms with E-state index < -0.39 is 5.60 Å². The molecule has 0 radical (unpaired) electrons. The van der Waals surface area contributed by atoms with Crippen LogP contribution in [0.15, 0.2) is 11.5 Å². The molecule has 0 aromatic heterocycles. The molecule has 0 spiro atoms. The zero-order valence-corrected chi connectivity index (χ0v) is 19.4. The summed E-state index contributed by atoms with van der Waals surface area (Å²) < 4.78 is 17.9. The van der Waals surface area contributed by atoms with Gasteiger partial charge in [0.05, 0.1) is 11.2 Å². The normalized spacial score (nSPS) is 27.7. The van der Waals surface area contributed by atoms with Crippen molar-refractivity contribution in [3.05, 3.63) is 11.5 Å². The van der Waals surface area contributed by atoms with Crippen LogP contribution in [0.4, 0.5) is 4.79 Å². The molecule has 0 aromatic carbocycles. The van der Waals surface area contributed by atoms with Gasteiger partial charge in [0.15, 0.2) is 0 Å². The van der Waals surface area contributed by atoms with Crippen LogP contribution in [0.5, 0.6) is 0 Å². The summed E-state index contributed by atoms with van der Waals surface area (Å²) in [4.78, 5) is 16.5. The molecule has 0 bridgehead atoms. The quantitative estimate of drug-likeness (QED) is 0.666. The molecule has 29 heavy (non-hydrogen) atoms. The summed E-state index contributed by atoms with van der Waals surface area (Å²) in [5, 5.41) is 0. The number of allylic oxidation sites excluding steroid dienone is 2. The van der Waals surface area contributed by atoms with Gasteiger partial charge in [0, 0.05) is 32.7 Å². The third-order valence-electron chi connectivity index (χ3n) is 6.65. The largest absolute Gasteiger partial charge is 0.490 e. The van der Waals surface area contributed by atoms with Gasteiger partial charge >= 0.3 is 13.2 Å². The number of rotatable bonds is 3. The molecule has 6 nitrogen and oxygen atoms in total. The predicted octanol–water partition coefficient (Wildman–Crippen LogP) is 3.90. The second-order valence-corrected chi connectivity index (χ2v) is 10.8. The SMILES string of the molecule is CC(C)(C)OC(=O)N1CCN(CC2CC=C(B3OC(C)(C)C(C)(C)O3)CC2)CC1. The highest BCUT2D eigenvalue weighted by atomic mass is 16.7. The lowest BCUT2D eigenvalue weighted by Crippen LogP contribution is -2.51. The Morgan fingerprint density at radius 2 is 1.72 bits per heavy atom. The van der Waals surface area contributed by atoms with Crippen molar-refractivity contribution >= 4 is 13.2 Å². The summed E-state index contributed by atoms with van der Waals surface area (Å²) in [5.41, 5.74) is 0.318. The second kappa shape index (κ2) is 8.24. The summed E-state index contributed by atoms with van der Waals surface area (Å²) in [6.07, 6.45) is 5.44. The van der Waals surface area contributed by atoms with Crippen molar-refractivity contribution < 1.29 is 18.8 Å². The maximum absolute atomic E-state index is 12.2. The molecule has 1 atom stereocenters.